The Morgan fingerprint density at radius 3 is 2.46 bits per heavy atom. The molecule has 0 fully saturated rings. The van der Waals surface area contributed by atoms with Gasteiger partial charge in [0.25, 0.3) is 0 Å². The number of ketones is 1. The van der Waals surface area contributed by atoms with Crippen LogP contribution >= 0.6 is 0 Å². The summed E-state index contributed by atoms with van der Waals surface area (Å²) in [4.78, 5) is 32.1. The van der Waals surface area contributed by atoms with Gasteiger partial charge in [-0.15, -0.1) is 0 Å². The number of aromatic nitrogens is 3. The van der Waals surface area contributed by atoms with Crippen LogP contribution in [0.5, 0.6) is 0 Å². The summed E-state index contributed by atoms with van der Waals surface area (Å²) in [5.41, 5.74) is 4.52. The summed E-state index contributed by atoms with van der Waals surface area (Å²) in [6, 6.07) is 9.89. The zero-order valence-electron chi connectivity index (χ0n) is 14.9. The lowest BCUT2D eigenvalue weighted by atomic mass is 10.1. The maximum absolute atomic E-state index is 12.5. The zero-order chi connectivity index (χ0) is 18.7. The molecular weight excluding hydrogens is 330 g/mol. The van der Waals surface area contributed by atoms with Gasteiger partial charge in [0.1, 0.15) is 0 Å². The van der Waals surface area contributed by atoms with Crippen molar-refractivity contribution in [2.45, 2.75) is 20.8 Å². The van der Waals surface area contributed by atoms with Crippen molar-refractivity contribution in [1.29, 1.82) is 0 Å². The predicted octanol–water partition coefficient (Wildman–Crippen LogP) is 3.23. The average molecular weight is 349 g/mol. The van der Waals surface area contributed by atoms with Crippen molar-refractivity contribution < 1.29 is 14.3 Å². The topological polar surface area (TPSA) is 74.1 Å². The Morgan fingerprint density at radius 2 is 1.81 bits per heavy atom. The maximum atomic E-state index is 12.5. The van der Waals surface area contributed by atoms with Crippen LogP contribution in [-0.2, 0) is 4.74 Å². The van der Waals surface area contributed by atoms with E-state index >= 15 is 0 Å². The number of rotatable bonds is 5. The van der Waals surface area contributed by atoms with Crippen molar-refractivity contribution in [2.24, 2.45) is 0 Å². The second-order valence-electron chi connectivity index (χ2n) is 6.05. The van der Waals surface area contributed by atoms with E-state index in [0.29, 0.717) is 5.56 Å². The van der Waals surface area contributed by atoms with E-state index in [0.717, 1.165) is 17.1 Å². The maximum Gasteiger partial charge on any atom is 0.358 e. The van der Waals surface area contributed by atoms with Crippen LogP contribution in [0, 0.1) is 20.8 Å². The molecule has 3 aromatic rings. The van der Waals surface area contributed by atoms with Gasteiger partial charge in [0, 0.05) is 35.0 Å². The summed E-state index contributed by atoms with van der Waals surface area (Å²) in [5, 5.41) is 0. The number of nitrogens with zero attached hydrogens (tertiary/aromatic N) is 3. The summed E-state index contributed by atoms with van der Waals surface area (Å²) < 4.78 is 7.08. The van der Waals surface area contributed by atoms with Crippen LogP contribution in [0.25, 0.3) is 5.69 Å². The van der Waals surface area contributed by atoms with Gasteiger partial charge in [0.15, 0.2) is 12.3 Å². The van der Waals surface area contributed by atoms with Crippen molar-refractivity contribution in [3.05, 3.63) is 77.1 Å². The lowest BCUT2D eigenvalue weighted by Crippen LogP contribution is -2.16. The Hall–Kier alpha value is -3.28. The Kier molecular flexibility index (Phi) is 4.93. The third kappa shape index (κ3) is 3.54. The van der Waals surface area contributed by atoms with Gasteiger partial charge < -0.3 is 9.30 Å². The number of hydrogen-bond donors (Lipinski definition) is 0. The summed E-state index contributed by atoms with van der Waals surface area (Å²) in [6.07, 6.45) is 4.16. The summed E-state index contributed by atoms with van der Waals surface area (Å²) in [6.45, 7) is 5.51. The molecule has 2 aromatic heterocycles. The first-order chi connectivity index (χ1) is 12.5. The van der Waals surface area contributed by atoms with Crippen LogP contribution in [0.4, 0.5) is 0 Å². The highest BCUT2D eigenvalue weighted by atomic mass is 16.5. The van der Waals surface area contributed by atoms with Gasteiger partial charge in [-0.2, -0.15) is 0 Å². The molecule has 0 saturated heterocycles. The lowest BCUT2D eigenvalue weighted by molar-refractivity contribution is 0.0468. The smallest absolute Gasteiger partial charge is 0.358 e. The molecule has 6 nitrogen and oxygen atoms in total. The van der Waals surface area contributed by atoms with Gasteiger partial charge >= 0.3 is 5.97 Å². The number of benzene rings is 1. The number of carbonyl (C=O) groups excluding carboxylic acids is 2. The van der Waals surface area contributed by atoms with Crippen molar-refractivity contribution in [2.75, 3.05) is 6.61 Å². The van der Waals surface area contributed by atoms with E-state index in [1.54, 1.807) is 0 Å². The highest BCUT2D eigenvalue weighted by Gasteiger charge is 2.19. The highest BCUT2D eigenvalue weighted by molar-refractivity contribution is 6.00. The quantitative estimate of drug-likeness (QED) is 0.522. The Morgan fingerprint density at radius 1 is 1.08 bits per heavy atom. The molecule has 0 radical (unpaired) electrons. The third-order valence-corrected chi connectivity index (χ3v) is 4.13. The zero-order valence-corrected chi connectivity index (χ0v) is 14.9. The van der Waals surface area contributed by atoms with Crippen LogP contribution in [0.1, 0.15) is 37.8 Å². The molecule has 0 aliphatic carbocycles. The molecule has 0 N–H and O–H groups in total. The number of ether oxygens (including phenoxy) is 1. The van der Waals surface area contributed by atoms with Crippen molar-refractivity contribution in [1.82, 2.24) is 14.5 Å². The minimum atomic E-state index is -0.668. The monoisotopic (exact) mass is 349 g/mol. The van der Waals surface area contributed by atoms with Crippen molar-refractivity contribution in [3.8, 4) is 5.69 Å². The van der Waals surface area contributed by atoms with Crippen LogP contribution in [0.15, 0.2) is 48.9 Å². The first kappa shape index (κ1) is 17.5. The number of hydrogen-bond acceptors (Lipinski definition) is 5. The van der Waals surface area contributed by atoms with Crippen LogP contribution in [0.3, 0.4) is 0 Å². The normalized spacial score (nSPS) is 10.6. The van der Waals surface area contributed by atoms with Gasteiger partial charge in [-0.1, -0.05) is 17.7 Å². The van der Waals surface area contributed by atoms with Gasteiger partial charge in [0.05, 0.1) is 6.20 Å². The van der Waals surface area contributed by atoms with Gasteiger partial charge in [-0.05, 0) is 39.0 Å². The Bertz CT molecular complexity index is 944. The SMILES string of the molecule is Cc1ccc(-n2c(C)cc(C(=O)COC(=O)c3cnccn3)c2C)cc1. The predicted molar refractivity (Wildman–Crippen MR) is 96.6 cm³/mol. The molecular formula is C20H19N3O3. The standard InChI is InChI=1S/C20H19N3O3/c1-13-4-6-16(7-5-13)23-14(2)10-17(15(23)3)19(24)12-26-20(25)18-11-21-8-9-22-18/h4-11H,12H2,1-3H3. The van der Waals surface area contributed by atoms with E-state index in [1.165, 1.54) is 24.2 Å². The van der Waals surface area contributed by atoms with E-state index in [1.807, 2.05) is 55.7 Å². The number of carbonyl (C=O) groups is 2. The first-order valence-electron chi connectivity index (χ1n) is 8.19. The second kappa shape index (κ2) is 7.31. The molecule has 6 heteroatoms. The Labute approximate surface area is 151 Å². The molecule has 0 atom stereocenters. The van der Waals surface area contributed by atoms with Gasteiger partial charge in [0.2, 0.25) is 5.78 Å². The fourth-order valence-corrected chi connectivity index (χ4v) is 2.82. The van der Waals surface area contributed by atoms with E-state index in [2.05, 4.69) is 9.97 Å². The van der Waals surface area contributed by atoms with E-state index in [4.69, 9.17) is 4.74 Å². The summed E-state index contributed by atoms with van der Waals surface area (Å²) >= 11 is 0. The first-order valence-corrected chi connectivity index (χ1v) is 8.19. The summed E-state index contributed by atoms with van der Waals surface area (Å²) in [5.74, 6) is -0.924. The average Bonchev–Trinajstić information content (AvgIpc) is 2.95. The van der Waals surface area contributed by atoms with Gasteiger partial charge in [-0.3, -0.25) is 9.78 Å². The molecule has 0 amide bonds. The summed E-state index contributed by atoms with van der Waals surface area (Å²) in [7, 11) is 0. The molecule has 2 heterocycles. The number of Topliss-reactive ketones (excluding diaryl/α,β-unsaturated/α-hetero) is 1. The highest BCUT2D eigenvalue weighted by Crippen LogP contribution is 2.21. The molecule has 0 unspecified atom stereocenters. The van der Waals surface area contributed by atoms with E-state index in [9.17, 15) is 9.59 Å². The van der Waals surface area contributed by atoms with Crippen LogP contribution in [-0.4, -0.2) is 32.9 Å². The molecule has 1 aromatic carbocycles. The lowest BCUT2D eigenvalue weighted by Gasteiger charge is -2.10. The van der Waals surface area contributed by atoms with Gasteiger partial charge in [-0.25, -0.2) is 9.78 Å². The number of aryl methyl sites for hydroxylation is 2. The van der Waals surface area contributed by atoms with Crippen LogP contribution < -0.4 is 0 Å². The number of esters is 1. The molecule has 0 saturated carbocycles. The molecule has 132 valence electrons. The van der Waals surface area contributed by atoms with Crippen molar-refractivity contribution in [3.63, 3.8) is 0 Å². The molecule has 0 spiro atoms. The van der Waals surface area contributed by atoms with Crippen molar-refractivity contribution >= 4 is 11.8 Å². The largest absolute Gasteiger partial charge is 0.453 e. The van der Waals surface area contributed by atoms with E-state index in [-0.39, 0.29) is 18.1 Å². The van der Waals surface area contributed by atoms with Crippen LogP contribution in [0.2, 0.25) is 0 Å². The molecule has 26 heavy (non-hydrogen) atoms. The van der Waals surface area contributed by atoms with E-state index < -0.39 is 5.97 Å². The fraction of sp³-hybridized carbons (Fsp3) is 0.200. The minimum absolute atomic E-state index is 0.0745. The molecule has 0 aliphatic heterocycles. The molecule has 0 aliphatic rings. The molecule has 0 bridgehead atoms. The Balaban J connectivity index is 1.77. The molecule has 3 rings (SSSR count). The fourth-order valence-electron chi connectivity index (χ4n) is 2.82. The minimum Gasteiger partial charge on any atom is -0.453 e. The second-order valence-corrected chi connectivity index (χ2v) is 6.05. The third-order valence-electron chi connectivity index (χ3n) is 4.13.